The van der Waals surface area contributed by atoms with Crippen LogP contribution in [0.25, 0.3) is 0 Å². The molecule has 2 heterocycles. The van der Waals surface area contributed by atoms with Gasteiger partial charge in [-0.1, -0.05) is 23.7 Å². The molecule has 1 aromatic rings. The summed E-state index contributed by atoms with van der Waals surface area (Å²) in [6.45, 7) is 2.59. The van der Waals surface area contributed by atoms with E-state index < -0.39 is 0 Å². The van der Waals surface area contributed by atoms with Crippen molar-refractivity contribution in [3.8, 4) is 0 Å². The Bertz CT molecular complexity index is 419. The molecule has 2 fully saturated rings. The van der Waals surface area contributed by atoms with Crippen molar-refractivity contribution in [1.29, 1.82) is 0 Å². The Morgan fingerprint density at radius 1 is 1.18 bits per heavy atom. The molecule has 92 valence electrons. The lowest BCUT2D eigenvalue weighted by atomic mass is 9.57. The van der Waals surface area contributed by atoms with Gasteiger partial charge in [0.05, 0.1) is 43.9 Å². The van der Waals surface area contributed by atoms with Crippen LogP contribution in [0.3, 0.4) is 0 Å². The predicted molar refractivity (Wildman–Crippen MR) is 64.3 cm³/mol. The molecule has 0 bridgehead atoms. The third kappa shape index (κ3) is 1.47. The first-order chi connectivity index (χ1) is 8.22. The summed E-state index contributed by atoms with van der Waals surface area (Å²) in [5.41, 5.74) is 0.814. The smallest absolute Gasteiger partial charge is 0.0593 e. The molecule has 1 aromatic carbocycles. The summed E-state index contributed by atoms with van der Waals surface area (Å²) in [5, 5.41) is 10.4. The van der Waals surface area contributed by atoms with Gasteiger partial charge in [0.15, 0.2) is 0 Å². The van der Waals surface area contributed by atoms with E-state index in [4.69, 9.17) is 21.1 Å². The lowest BCUT2D eigenvalue weighted by Gasteiger charge is -2.58. The number of aliphatic hydroxyl groups excluding tert-OH is 1. The second-order valence-corrected chi connectivity index (χ2v) is 5.45. The van der Waals surface area contributed by atoms with Crippen LogP contribution in [-0.4, -0.2) is 38.1 Å². The largest absolute Gasteiger partial charge is 0.396 e. The third-order valence-electron chi connectivity index (χ3n) is 4.15. The summed E-state index contributed by atoms with van der Waals surface area (Å²) >= 11 is 6.05. The highest BCUT2D eigenvalue weighted by molar-refractivity contribution is 6.30. The molecule has 2 aliphatic rings. The zero-order valence-electron chi connectivity index (χ0n) is 9.49. The topological polar surface area (TPSA) is 38.7 Å². The van der Waals surface area contributed by atoms with Crippen molar-refractivity contribution in [1.82, 2.24) is 0 Å². The maximum absolute atomic E-state index is 9.70. The van der Waals surface area contributed by atoms with Crippen LogP contribution in [0.2, 0.25) is 5.02 Å². The van der Waals surface area contributed by atoms with Crippen molar-refractivity contribution in [3.05, 3.63) is 34.9 Å². The molecule has 2 saturated heterocycles. The van der Waals surface area contributed by atoms with E-state index in [1.54, 1.807) is 0 Å². The van der Waals surface area contributed by atoms with Crippen molar-refractivity contribution in [2.24, 2.45) is 5.41 Å². The quantitative estimate of drug-likeness (QED) is 0.891. The number of benzene rings is 1. The van der Waals surface area contributed by atoms with E-state index in [2.05, 4.69) is 6.07 Å². The van der Waals surface area contributed by atoms with Crippen molar-refractivity contribution in [3.63, 3.8) is 0 Å². The molecule has 0 spiro atoms. The maximum atomic E-state index is 9.70. The molecule has 0 atom stereocenters. The Kier molecular flexibility index (Phi) is 2.67. The van der Waals surface area contributed by atoms with E-state index in [1.165, 1.54) is 0 Å². The van der Waals surface area contributed by atoms with Gasteiger partial charge >= 0.3 is 0 Å². The fourth-order valence-electron chi connectivity index (χ4n) is 2.74. The Morgan fingerprint density at radius 2 is 1.88 bits per heavy atom. The average molecular weight is 255 g/mol. The summed E-state index contributed by atoms with van der Waals surface area (Å²) in [4.78, 5) is 0. The molecule has 2 aliphatic heterocycles. The van der Waals surface area contributed by atoms with E-state index >= 15 is 0 Å². The van der Waals surface area contributed by atoms with E-state index in [0.717, 1.165) is 10.6 Å². The SMILES string of the molecule is OCC1(C2(c3cccc(Cl)c3)COC2)COC1. The van der Waals surface area contributed by atoms with Crippen LogP contribution in [0, 0.1) is 5.41 Å². The van der Waals surface area contributed by atoms with Crippen molar-refractivity contribution in [2.45, 2.75) is 5.41 Å². The zero-order valence-corrected chi connectivity index (χ0v) is 10.2. The van der Waals surface area contributed by atoms with Gasteiger partial charge in [0.2, 0.25) is 0 Å². The third-order valence-corrected chi connectivity index (χ3v) is 4.38. The molecule has 4 heteroatoms. The van der Waals surface area contributed by atoms with Gasteiger partial charge in [-0.2, -0.15) is 0 Å². The first-order valence-corrected chi connectivity index (χ1v) is 6.13. The van der Waals surface area contributed by atoms with Gasteiger partial charge < -0.3 is 14.6 Å². The highest BCUT2D eigenvalue weighted by Gasteiger charge is 2.60. The first-order valence-electron chi connectivity index (χ1n) is 5.75. The van der Waals surface area contributed by atoms with Gasteiger partial charge in [0.1, 0.15) is 0 Å². The van der Waals surface area contributed by atoms with Crippen LogP contribution < -0.4 is 0 Å². The minimum Gasteiger partial charge on any atom is -0.396 e. The normalized spacial score (nSPS) is 24.8. The summed E-state index contributed by atoms with van der Waals surface area (Å²) in [6.07, 6.45) is 0. The molecule has 1 N–H and O–H groups in total. The average Bonchev–Trinajstić information content (AvgIpc) is 2.20. The van der Waals surface area contributed by atoms with Gasteiger partial charge in [-0.25, -0.2) is 0 Å². The molecule has 3 nitrogen and oxygen atoms in total. The van der Waals surface area contributed by atoms with Crippen LogP contribution in [-0.2, 0) is 14.9 Å². The lowest BCUT2D eigenvalue weighted by Crippen LogP contribution is -2.68. The molecule has 17 heavy (non-hydrogen) atoms. The molecule has 3 rings (SSSR count). The molecular weight excluding hydrogens is 240 g/mol. The van der Waals surface area contributed by atoms with E-state index in [9.17, 15) is 5.11 Å². The summed E-state index contributed by atoms with van der Waals surface area (Å²) in [6, 6.07) is 7.84. The molecule has 0 aromatic heterocycles. The van der Waals surface area contributed by atoms with Crippen LogP contribution in [0.15, 0.2) is 24.3 Å². The van der Waals surface area contributed by atoms with E-state index in [1.807, 2.05) is 18.2 Å². The fraction of sp³-hybridized carbons (Fsp3) is 0.538. The Morgan fingerprint density at radius 3 is 2.29 bits per heavy atom. The minimum absolute atomic E-state index is 0.128. The molecule has 0 radical (unpaired) electrons. The van der Waals surface area contributed by atoms with Crippen LogP contribution >= 0.6 is 11.6 Å². The van der Waals surface area contributed by atoms with Crippen molar-refractivity contribution >= 4 is 11.6 Å². The predicted octanol–water partition coefficient (Wildman–Crippen LogP) is 1.62. The minimum atomic E-state index is -0.198. The van der Waals surface area contributed by atoms with Gasteiger partial charge in [-0.3, -0.25) is 0 Å². The Hall–Kier alpha value is -0.610. The number of hydrogen-bond donors (Lipinski definition) is 1. The highest BCUT2D eigenvalue weighted by Crippen LogP contribution is 2.51. The molecular formula is C13H15ClO3. The molecule has 0 unspecified atom stereocenters. The maximum Gasteiger partial charge on any atom is 0.0593 e. The van der Waals surface area contributed by atoms with Gasteiger partial charge in [0, 0.05) is 5.02 Å². The molecule has 0 aliphatic carbocycles. The number of halogens is 1. The Labute approximate surface area is 105 Å². The number of hydrogen-bond acceptors (Lipinski definition) is 3. The summed E-state index contributed by atoms with van der Waals surface area (Å²) in [7, 11) is 0. The second kappa shape index (κ2) is 3.95. The van der Waals surface area contributed by atoms with Gasteiger partial charge in [0.25, 0.3) is 0 Å². The second-order valence-electron chi connectivity index (χ2n) is 5.02. The monoisotopic (exact) mass is 254 g/mol. The van der Waals surface area contributed by atoms with Gasteiger partial charge in [-0.05, 0) is 17.7 Å². The van der Waals surface area contributed by atoms with Crippen molar-refractivity contribution in [2.75, 3.05) is 33.0 Å². The number of ether oxygens (including phenoxy) is 2. The van der Waals surface area contributed by atoms with Crippen LogP contribution in [0.4, 0.5) is 0 Å². The van der Waals surface area contributed by atoms with E-state index in [-0.39, 0.29) is 17.4 Å². The highest BCUT2D eigenvalue weighted by atomic mass is 35.5. The fourth-order valence-corrected chi connectivity index (χ4v) is 2.93. The molecule has 0 saturated carbocycles. The van der Waals surface area contributed by atoms with E-state index in [0.29, 0.717) is 26.4 Å². The summed E-state index contributed by atoms with van der Waals surface area (Å²) in [5.74, 6) is 0. The standard InChI is InChI=1S/C13H15ClO3/c14-11-3-1-2-10(4-11)13(8-17-9-13)12(5-15)6-16-7-12/h1-4,15H,5-9H2. The summed E-state index contributed by atoms with van der Waals surface area (Å²) < 4.78 is 10.7. The zero-order chi connectivity index (χ0) is 11.9. The number of aliphatic hydroxyl groups is 1. The Balaban J connectivity index is 2.02. The number of rotatable bonds is 3. The molecule has 0 amide bonds. The van der Waals surface area contributed by atoms with Crippen molar-refractivity contribution < 1.29 is 14.6 Å². The first kappa shape index (κ1) is 11.5. The van der Waals surface area contributed by atoms with Crippen LogP contribution in [0.5, 0.6) is 0 Å². The van der Waals surface area contributed by atoms with Gasteiger partial charge in [-0.15, -0.1) is 0 Å². The van der Waals surface area contributed by atoms with Crippen LogP contribution in [0.1, 0.15) is 5.56 Å². The lowest BCUT2D eigenvalue weighted by molar-refractivity contribution is -0.242.